The van der Waals surface area contributed by atoms with Crippen LogP contribution in [0.2, 0.25) is 5.02 Å². The summed E-state index contributed by atoms with van der Waals surface area (Å²) in [5.74, 6) is 0.412. The molecule has 194 valence electrons. The van der Waals surface area contributed by atoms with E-state index >= 15 is 0 Å². The largest absolute Gasteiger partial charge is 0.465 e. The van der Waals surface area contributed by atoms with Crippen molar-refractivity contribution in [2.75, 3.05) is 50.9 Å². The Kier molecular flexibility index (Phi) is 10.4. The molecule has 1 aromatic heterocycles. The first-order valence-electron chi connectivity index (χ1n) is 12.1. The zero-order valence-corrected chi connectivity index (χ0v) is 21.8. The van der Waals surface area contributed by atoms with Crippen molar-refractivity contribution >= 4 is 23.4 Å². The minimum Gasteiger partial charge on any atom is -0.465 e. The Hall–Kier alpha value is -2.81. The number of carbonyl (C=O) groups is 1. The summed E-state index contributed by atoms with van der Waals surface area (Å²) >= 11 is 6.29. The molecule has 0 saturated carbocycles. The fraction of sp³-hybridized carbons (Fsp3) is 0.520. The molecule has 1 aliphatic rings. The van der Waals surface area contributed by atoms with Crippen LogP contribution in [0.25, 0.3) is 0 Å². The molecular weight excluding hydrogens is 482 g/mol. The Labute approximate surface area is 217 Å². The van der Waals surface area contributed by atoms with Crippen LogP contribution in [0.15, 0.2) is 30.5 Å². The number of hydrazine groups is 1. The van der Waals surface area contributed by atoms with Gasteiger partial charge in [-0.3, -0.25) is 19.6 Å². The number of carbonyl (C=O) groups excluding carboxylic acids is 1. The molecule has 2 N–H and O–H groups in total. The van der Waals surface area contributed by atoms with Gasteiger partial charge >= 0.3 is 5.97 Å². The first-order valence-corrected chi connectivity index (χ1v) is 12.5. The SMILES string of the molecule is CCOC(=O)CN1CCN(Cc2ccc(C(O)NN(CC(C)C)c3nc(C#N)ncc3Cl)cc2)CC1. The number of esters is 1. The fourth-order valence-corrected chi connectivity index (χ4v) is 4.14. The number of halogens is 1. The number of nitrogens with zero attached hydrogens (tertiary/aromatic N) is 6. The molecule has 1 atom stereocenters. The number of hydrogen-bond acceptors (Lipinski definition) is 10. The molecule has 0 bridgehead atoms. The molecule has 1 aromatic carbocycles. The zero-order valence-electron chi connectivity index (χ0n) is 21.0. The number of aliphatic hydroxyl groups excluding tert-OH is 1. The number of benzene rings is 1. The van der Waals surface area contributed by atoms with Gasteiger partial charge < -0.3 is 9.84 Å². The van der Waals surface area contributed by atoms with E-state index in [1.54, 1.807) is 5.01 Å². The summed E-state index contributed by atoms with van der Waals surface area (Å²) in [6, 6.07) is 9.70. The smallest absolute Gasteiger partial charge is 0.320 e. The summed E-state index contributed by atoms with van der Waals surface area (Å²) in [5.41, 5.74) is 4.89. The molecule has 1 aliphatic heterocycles. The lowest BCUT2D eigenvalue weighted by Gasteiger charge is -2.34. The summed E-state index contributed by atoms with van der Waals surface area (Å²) in [7, 11) is 0. The molecule has 1 unspecified atom stereocenters. The normalized spacial score (nSPS) is 15.5. The first-order chi connectivity index (χ1) is 17.3. The summed E-state index contributed by atoms with van der Waals surface area (Å²) in [4.78, 5) is 24.3. The number of rotatable bonds is 11. The van der Waals surface area contributed by atoms with Gasteiger partial charge in [0.1, 0.15) is 17.3 Å². The number of nitriles is 1. The third-order valence-electron chi connectivity index (χ3n) is 5.73. The van der Waals surface area contributed by atoms with E-state index < -0.39 is 6.23 Å². The molecule has 36 heavy (non-hydrogen) atoms. The number of anilines is 1. The number of aromatic nitrogens is 2. The highest BCUT2D eigenvalue weighted by atomic mass is 35.5. The van der Waals surface area contributed by atoms with Crippen molar-refractivity contribution in [1.82, 2.24) is 25.2 Å². The molecule has 0 aliphatic carbocycles. The molecule has 0 amide bonds. The number of nitrogens with one attached hydrogen (secondary N) is 1. The second-order valence-electron chi connectivity index (χ2n) is 9.11. The van der Waals surface area contributed by atoms with Crippen LogP contribution in [0.3, 0.4) is 0 Å². The molecular formula is C25H34ClN7O3. The van der Waals surface area contributed by atoms with Crippen molar-refractivity contribution in [3.8, 4) is 6.07 Å². The van der Waals surface area contributed by atoms with E-state index in [-0.39, 0.29) is 22.7 Å². The fourth-order valence-electron chi connectivity index (χ4n) is 3.95. The van der Waals surface area contributed by atoms with Crippen molar-refractivity contribution in [1.29, 1.82) is 5.26 Å². The molecule has 1 fully saturated rings. The average Bonchev–Trinajstić information content (AvgIpc) is 2.85. The van der Waals surface area contributed by atoms with Gasteiger partial charge in [-0.1, -0.05) is 49.7 Å². The standard InChI is InChI=1S/C25H34ClN7O3/c1-4-36-23(34)17-32-11-9-31(10-12-32)16-19-5-7-20(8-6-19)25(35)30-33(15-18(2)3)24-21(26)14-28-22(13-27)29-24/h5-8,14,18,25,30,35H,4,9-12,15-17H2,1-3H3. The lowest BCUT2D eigenvalue weighted by Crippen LogP contribution is -2.47. The molecule has 11 heteroatoms. The maximum Gasteiger partial charge on any atom is 0.320 e. The molecule has 0 spiro atoms. The van der Waals surface area contributed by atoms with Crippen LogP contribution in [0.4, 0.5) is 5.82 Å². The topological polar surface area (TPSA) is 118 Å². The van der Waals surface area contributed by atoms with E-state index in [9.17, 15) is 9.90 Å². The van der Waals surface area contributed by atoms with Gasteiger partial charge in [0.15, 0.2) is 5.82 Å². The predicted molar refractivity (Wildman–Crippen MR) is 137 cm³/mol. The van der Waals surface area contributed by atoms with Crippen molar-refractivity contribution in [3.63, 3.8) is 0 Å². The summed E-state index contributed by atoms with van der Waals surface area (Å²) < 4.78 is 5.03. The third kappa shape index (κ3) is 8.11. The highest BCUT2D eigenvalue weighted by Gasteiger charge is 2.21. The van der Waals surface area contributed by atoms with Gasteiger partial charge in [0, 0.05) is 39.3 Å². The zero-order chi connectivity index (χ0) is 26.1. The van der Waals surface area contributed by atoms with Crippen LogP contribution >= 0.6 is 11.6 Å². The van der Waals surface area contributed by atoms with Crippen molar-refractivity contribution in [2.24, 2.45) is 5.92 Å². The van der Waals surface area contributed by atoms with E-state index in [0.717, 1.165) is 38.3 Å². The maximum atomic E-state index is 11.7. The number of aliphatic hydroxyl groups is 1. The molecule has 2 heterocycles. The van der Waals surface area contributed by atoms with Crippen molar-refractivity contribution in [3.05, 3.63) is 52.4 Å². The summed E-state index contributed by atoms with van der Waals surface area (Å²) in [6.07, 6.45) is 0.385. The van der Waals surface area contributed by atoms with E-state index in [1.165, 1.54) is 6.20 Å². The van der Waals surface area contributed by atoms with Gasteiger partial charge in [0.05, 0.1) is 19.3 Å². The molecule has 10 nitrogen and oxygen atoms in total. The highest BCUT2D eigenvalue weighted by Crippen LogP contribution is 2.24. The number of piperazine rings is 1. The number of ether oxygens (including phenoxy) is 1. The minimum atomic E-state index is -0.999. The Morgan fingerprint density at radius 2 is 1.92 bits per heavy atom. The molecule has 3 rings (SSSR count). The van der Waals surface area contributed by atoms with Crippen LogP contribution in [0.1, 0.15) is 44.0 Å². The third-order valence-corrected chi connectivity index (χ3v) is 6.00. The highest BCUT2D eigenvalue weighted by molar-refractivity contribution is 6.32. The van der Waals surface area contributed by atoms with Crippen LogP contribution < -0.4 is 10.4 Å². The van der Waals surface area contributed by atoms with Crippen molar-refractivity contribution in [2.45, 2.75) is 33.5 Å². The quantitative estimate of drug-likeness (QED) is 0.262. The molecule has 1 saturated heterocycles. The second-order valence-corrected chi connectivity index (χ2v) is 9.52. The maximum absolute atomic E-state index is 11.7. The van der Waals surface area contributed by atoms with Gasteiger partial charge in [-0.15, -0.1) is 0 Å². The van der Waals surface area contributed by atoms with Crippen LogP contribution in [-0.2, 0) is 16.1 Å². The lowest BCUT2D eigenvalue weighted by molar-refractivity contribution is -0.144. The Morgan fingerprint density at radius 3 is 2.53 bits per heavy atom. The minimum absolute atomic E-state index is 0.00512. The van der Waals surface area contributed by atoms with Crippen LogP contribution in [0.5, 0.6) is 0 Å². The summed E-state index contributed by atoms with van der Waals surface area (Å²) in [5, 5.41) is 22.0. The van der Waals surface area contributed by atoms with Gasteiger partial charge in [0.25, 0.3) is 0 Å². The molecule has 0 radical (unpaired) electrons. The average molecular weight is 516 g/mol. The Morgan fingerprint density at radius 1 is 1.25 bits per heavy atom. The monoisotopic (exact) mass is 515 g/mol. The van der Waals surface area contributed by atoms with Crippen LogP contribution in [-0.4, -0.2) is 76.7 Å². The van der Waals surface area contributed by atoms with Gasteiger partial charge in [-0.05, 0) is 24.0 Å². The van der Waals surface area contributed by atoms with Crippen molar-refractivity contribution < 1.29 is 14.6 Å². The Bertz CT molecular complexity index is 1040. The van der Waals surface area contributed by atoms with Gasteiger partial charge in [-0.25, -0.2) is 10.4 Å². The van der Waals surface area contributed by atoms with E-state index in [1.807, 2.05) is 51.1 Å². The Balaban J connectivity index is 1.58. The van der Waals surface area contributed by atoms with E-state index in [0.29, 0.717) is 31.1 Å². The first kappa shape index (κ1) is 27.8. The lowest BCUT2D eigenvalue weighted by atomic mass is 10.1. The van der Waals surface area contributed by atoms with E-state index in [2.05, 4.69) is 25.2 Å². The molecule has 2 aromatic rings. The predicted octanol–water partition coefficient (Wildman–Crippen LogP) is 2.34. The van der Waals surface area contributed by atoms with Gasteiger partial charge in [0.2, 0.25) is 5.82 Å². The summed E-state index contributed by atoms with van der Waals surface area (Å²) in [6.45, 7) is 11.3. The van der Waals surface area contributed by atoms with E-state index in [4.69, 9.17) is 21.6 Å². The van der Waals surface area contributed by atoms with Gasteiger partial charge in [-0.2, -0.15) is 10.2 Å². The second kappa shape index (κ2) is 13.5. The van der Waals surface area contributed by atoms with Crippen LogP contribution in [0, 0.1) is 17.2 Å². The number of hydrogen-bond donors (Lipinski definition) is 2.